The van der Waals surface area contributed by atoms with E-state index in [1.165, 1.54) is 36.4 Å². The molecule has 0 spiro atoms. The normalized spacial score (nSPS) is 23.5. The Labute approximate surface area is 281 Å². The Bertz CT molecular complexity index is 2070. The summed E-state index contributed by atoms with van der Waals surface area (Å²) in [4.78, 5) is 37.9. The van der Waals surface area contributed by atoms with Gasteiger partial charge in [-0.15, -0.1) is 0 Å². The van der Waals surface area contributed by atoms with E-state index in [1.807, 2.05) is 0 Å². The van der Waals surface area contributed by atoms with Gasteiger partial charge in [0.15, 0.2) is 5.78 Å². The van der Waals surface area contributed by atoms with Crippen LogP contribution in [0.3, 0.4) is 0 Å². The van der Waals surface area contributed by atoms with Crippen LogP contribution in [-0.4, -0.2) is 20.7 Å². The topological polar surface area (TPSA) is 147 Å². The second-order valence-corrected chi connectivity index (χ2v) is 12.4. The summed E-state index contributed by atoms with van der Waals surface area (Å²) in [5.74, 6) is -4.04. The molecule has 0 aromatic heterocycles. The first kappa shape index (κ1) is 32.3. The monoisotopic (exact) mass is 657 g/mol. The number of hydrogen-bond donors (Lipinski definition) is 1. The standard InChI is InChI=1S/C38H28ClN3O6/c39-30-17-9-16-29(22-30)37(24-40)33(26-12-7-18-31(20-26)41(45)46)23-38(44,28-14-5-2-6-15-28)35(36(43)25-10-3-1-4-11-25)34(37)27-13-8-19-32(21-27)42(47)48/h1-22,33-35,44H,23H2/t33-,34-,35+,37-,38-/m0/s1. The number of rotatable bonds is 8. The summed E-state index contributed by atoms with van der Waals surface area (Å²) in [5, 5.41) is 49.1. The van der Waals surface area contributed by atoms with Crippen molar-refractivity contribution in [1.29, 1.82) is 5.26 Å². The van der Waals surface area contributed by atoms with Crippen LogP contribution in [0, 0.1) is 37.5 Å². The number of Topliss-reactive ketones (excluding diaryl/α,β-unsaturated/α-hetero) is 1. The maximum atomic E-state index is 15.0. The number of hydrogen-bond acceptors (Lipinski definition) is 7. The number of nitro benzene ring substituents is 2. The maximum Gasteiger partial charge on any atom is 0.269 e. The summed E-state index contributed by atoms with van der Waals surface area (Å²) in [6.07, 6.45) is -0.201. The molecule has 0 aliphatic heterocycles. The number of halogens is 1. The van der Waals surface area contributed by atoms with Gasteiger partial charge in [0.1, 0.15) is 5.60 Å². The van der Waals surface area contributed by atoms with Crippen molar-refractivity contribution < 1.29 is 19.7 Å². The number of nitro groups is 2. The van der Waals surface area contributed by atoms with Gasteiger partial charge < -0.3 is 5.11 Å². The van der Waals surface area contributed by atoms with Crippen molar-refractivity contribution in [2.75, 3.05) is 0 Å². The molecule has 6 rings (SSSR count). The van der Waals surface area contributed by atoms with Gasteiger partial charge >= 0.3 is 0 Å². The van der Waals surface area contributed by atoms with Crippen LogP contribution in [0.5, 0.6) is 0 Å². The first-order chi connectivity index (χ1) is 23.1. The van der Waals surface area contributed by atoms with Crippen molar-refractivity contribution in [2.45, 2.75) is 29.3 Å². The van der Waals surface area contributed by atoms with E-state index in [4.69, 9.17) is 11.6 Å². The molecule has 1 fully saturated rings. The SMILES string of the molecule is N#C[C@]1(c2cccc(Cl)c2)[C@H](c2cccc([N+](=O)[O-])c2)C[C@](O)(c2ccccc2)[C@@H](C(=O)c2ccccc2)[C@@H]1c1cccc([N+](=O)[O-])c1. The summed E-state index contributed by atoms with van der Waals surface area (Å²) in [6, 6.07) is 37.7. The summed E-state index contributed by atoms with van der Waals surface area (Å²) in [6.45, 7) is 0. The Kier molecular flexibility index (Phi) is 8.63. The highest BCUT2D eigenvalue weighted by atomic mass is 35.5. The van der Waals surface area contributed by atoms with Crippen LogP contribution >= 0.6 is 11.6 Å². The summed E-state index contributed by atoms with van der Waals surface area (Å²) in [7, 11) is 0. The van der Waals surface area contributed by atoms with Crippen molar-refractivity contribution in [1.82, 2.24) is 0 Å². The van der Waals surface area contributed by atoms with E-state index in [0.717, 1.165) is 0 Å². The lowest BCUT2D eigenvalue weighted by molar-refractivity contribution is -0.385. The van der Waals surface area contributed by atoms with Crippen LogP contribution in [0.2, 0.25) is 5.02 Å². The predicted molar refractivity (Wildman–Crippen MR) is 180 cm³/mol. The molecule has 10 heteroatoms. The van der Waals surface area contributed by atoms with Gasteiger partial charge in [0, 0.05) is 46.7 Å². The predicted octanol–water partition coefficient (Wildman–Crippen LogP) is 8.28. The van der Waals surface area contributed by atoms with Gasteiger partial charge in [-0.1, -0.05) is 109 Å². The Morgan fingerprint density at radius 2 is 1.29 bits per heavy atom. The number of carbonyl (C=O) groups is 1. The molecule has 9 nitrogen and oxygen atoms in total. The zero-order chi connectivity index (χ0) is 34.1. The Balaban J connectivity index is 1.78. The zero-order valence-corrected chi connectivity index (χ0v) is 26.1. The lowest BCUT2D eigenvalue weighted by Crippen LogP contribution is -2.58. The van der Waals surface area contributed by atoms with Crippen LogP contribution in [0.25, 0.3) is 0 Å². The molecule has 5 aromatic rings. The molecule has 0 heterocycles. The first-order valence-corrected chi connectivity index (χ1v) is 15.5. The molecule has 5 atom stereocenters. The number of nitriles is 1. The number of aliphatic hydroxyl groups is 1. The molecular weight excluding hydrogens is 630 g/mol. The third-order valence-corrected chi connectivity index (χ3v) is 9.66. The summed E-state index contributed by atoms with van der Waals surface area (Å²) < 4.78 is 0. The average Bonchev–Trinajstić information content (AvgIpc) is 3.11. The van der Waals surface area contributed by atoms with E-state index in [2.05, 4.69) is 6.07 Å². The third-order valence-electron chi connectivity index (χ3n) is 9.43. The van der Waals surface area contributed by atoms with E-state index >= 15 is 0 Å². The number of nitrogens with zero attached hydrogens (tertiary/aromatic N) is 3. The fourth-order valence-electron chi connectivity index (χ4n) is 7.39. The van der Waals surface area contributed by atoms with Gasteiger partial charge in [-0.2, -0.15) is 5.26 Å². The fourth-order valence-corrected chi connectivity index (χ4v) is 7.58. The van der Waals surface area contributed by atoms with Crippen molar-refractivity contribution >= 4 is 28.8 Å². The maximum absolute atomic E-state index is 15.0. The summed E-state index contributed by atoms with van der Waals surface area (Å²) >= 11 is 6.55. The minimum atomic E-state index is -1.96. The Hall–Kier alpha value is -5.69. The molecule has 0 unspecified atom stereocenters. The van der Waals surface area contributed by atoms with E-state index < -0.39 is 44.4 Å². The lowest BCUT2D eigenvalue weighted by Gasteiger charge is -2.56. The molecule has 1 aliphatic rings. The minimum Gasteiger partial charge on any atom is -0.384 e. The van der Waals surface area contributed by atoms with Crippen LogP contribution < -0.4 is 0 Å². The first-order valence-electron chi connectivity index (χ1n) is 15.1. The molecule has 0 amide bonds. The molecule has 1 saturated carbocycles. The van der Waals surface area contributed by atoms with Crippen molar-refractivity contribution in [3.05, 3.63) is 187 Å². The van der Waals surface area contributed by atoms with Gasteiger partial charge in [0.25, 0.3) is 11.4 Å². The molecule has 238 valence electrons. The average molecular weight is 658 g/mol. The lowest BCUT2D eigenvalue weighted by atomic mass is 9.46. The van der Waals surface area contributed by atoms with Gasteiger partial charge in [0.2, 0.25) is 0 Å². The highest BCUT2D eigenvalue weighted by Crippen LogP contribution is 2.64. The van der Waals surface area contributed by atoms with Crippen molar-refractivity contribution in [3.8, 4) is 6.07 Å². The Morgan fingerprint density at radius 1 is 0.750 bits per heavy atom. The highest BCUT2D eigenvalue weighted by Gasteiger charge is 2.64. The number of carbonyl (C=O) groups excluding carboxylic acids is 1. The molecule has 0 radical (unpaired) electrons. The van der Waals surface area contributed by atoms with Gasteiger partial charge in [-0.25, -0.2) is 0 Å². The van der Waals surface area contributed by atoms with Crippen molar-refractivity contribution in [2.24, 2.45) is 5.92 Å². The van der Waals surface area contributed by atoms with E-state index in [9.17, 15) is 35.4 Å². The Morgan fingerprint density at radius 3 is 1.88 bits per heavy atom. The number of ketones is 1. The largest absolute Gasteiger partial charge is 0.384 e. The smallest absolute Gasteiger partial charge is 0.269 e. The molecule has 1 aliphatic carbocycles. The number of benzene rings is 5. The van der Waals surface area contributed by atoms with Gasteiger partial charge in [-0.3, -0.25) is 25.0 Å². The van der Waals surface area contributed by atoms with Crippen molar-refractivity contribution in [3.63, 3.8) is 0 Å². The highest BCUT2D eigenvalue weighted by molar-refractivity contribution is 6.30. The number of non-ortho nitro benzene ring substituents is 2. The fraction of sp³-hybridized carbons (Fsp3) is 0.158. The summed E-state index contributed by atoms with van der Waals surface area (Å²) in [5.41, 5.74) is -2.47. The molecule has 5 aromatic carbocycles. The second kappa shape index (κ2) is 12.8. The van der Waals surface area contributed by atoms with Crippen LogP contribution in [-0.2, 0) is 11.0 Å². The van der Waals surface area contributed by atoms with E-state index in [1.54, 1.807) is 97.1 Å². The molecule has 0 saturated heterocycles. The van der Waals surface area contributed by atoms with Gasteiger partial charge in [0.05, 0.1) is 27.2 Å². The van der Waals surface area contributed by atoms with Crippen LogP contribution in [0.15, 0.2) is 133 Å². The van der Waals surface area contributed by atoms with Gasteiger partial charge in [-0.05, 0) is 40.8 Å². The van der Waals surface area contributed by atoms with E-state index in [-0.39, 0.29) is 28.9 Å². The molecular formula is C38H28ClN3O6. The quantitative estimate of drug-likeness (QED) is 0.100. The zero-order valence-electron chi connectivity index (χ0n) is 25.3. The molecule has 48 heavy (non-hydrogen) atoms. The van der Waals surface area contributed by atoms with Crippen LogP contribution in [0.1, 0.15) is 50.9 Å². The second-order valence-electron chi connectivity index (χ2n) is 11.9. The third kappa shape index (κ3) is 5.51. The molecule has 0 bridgehead atoms. The molecule has 1 N–H and O–H groups in total. The minimum absolute atomic E-state index is 0.201. The van der Waals surface area contributed by atoms with Crippen LogP contribution in [0.4, 0.5) is 11.4 Å². The van der Waals surface area contributed by atoms with E-state index in [0.29, 0.717) is 21.7 Å².